The molecule has 3 heterocycles. The molecule has 1 N–H and O–H groups in total. The number of nitrogens with one attached hydrogen (secondary N) is 1. The number of fused-ring (bicyclic) bond motifs is 1. The molecule has 37 heavy (non-hydrogen) atoms. The Bertz CT molecular complexity index is 1450. The van der Waals surface area contributed by atoms with E-state index in [1.54, 1.807) is 30.5 Å². The Labute approximate surface area is 211 Å². The molecule has 2 aromatic heterocycles. The van der Waals surface area contributed by atoms with Gasteiger partial charge < -0.3 is 15.0 Å². The van der Waals surface area contributed by atoms with Crippen molar-refractivity contribution >= 4 is 28.4 Å². The monoisotopic (exact) mass is 505 g/mol. The minimum Gasteiger partial charge on any atom is -0.481 e. The fraction of sp³-hybridized carbons (Fsp3) is 0.259. The van der Waals surface area contributed by atoms with E-state index in [0.717, 1.165) is 22.0 Å². The second-order valence-electron chi connectivity index (χ2n) is 9.04. The molecule has 5 rings (SSSR count). The molecule has 0 spiro atoms. The Morgan fingerprint density at radius 2 is 1.95 bits per heavy atom. The van der Waals surface area contributed by atoms with Crippen LogP contribution in [0.25, 0.3) is 10.9 Å². The standard InChI is InChI=1S/C27H25F2N5O3/c1-27(28,29)26(36)32-21-14-24(35)34(25(21)18-6-4-3-5-7-18)20-8-9-22-19(13-20)15-31-33(22)16-17-10-11-30-23(12-17)37-2/h3-13,15,21,25H,14,16H2,1-2H3,(H,32,36)/t21-,25+/m0/s1. The molecular weight excluding hydrogens is 480 g/mol. The highest BCUT2D eigenvalue weighted by Gasteiger charge is 2.45. The van der Waals surface area contributed by atoms with Gasteiger partial charge in [0.05, 0.1) is 37.5 Å². The number of hydrogen-bond donors (Lipinski definition) is 1. The Kier molecular flexibility index (Phi) is 6.32. The van der Waals surface area contributed by atoms with Gasteiger partial charge in [0.2, 0.25) is 11.8 Å². The second-order valence-corrected chi connectivity index (χ2v) is 9.04. The summed E-state index contributed by atoms with van der Waals surface area (Å²) in [6.07, 6.45) is 3.29. The zero-order valence-corrected chi connectivity index (χ0v) is 20.3. The average molecular weight is 506 g/mol. The number of carbonyl (C=O) groups excluding carboxylic acids is 2. The van der Waals surface area contributed by atoms with Gasteiger partial charge in [-0.05, 0) is 35.4 Å². The Morgan fingerprint density at radius 3 is 2.68 bits per heavy atom. The fourth-order valence-corrected chi connectivity index (χ4v) is 4.68. The van der Waals surface area contributed by atoms with Gasteiger partial charge >= 0.3 is 5.92 Å². The average Bonchev–Trinajstić information content (AvgIpc) is 3.43. The van der Waals surface area contributed by atoms with E-state index >= 15 is 0 Å². The highest BCUT2D eigenvalue weighted by atomic mass is 19.3. The maximum Gasteiger partial charge on any atom is 0.321 e. The molecule has 2 amide bonds. The van der Waals surface area contributed by atoms with Gasteiger partial charge in [0, 0.05) is 36.7 Å². The van der Waals surface area contributed by atoms with Crippen LogP contribution < -0.4 is 15.0 Å². The number of methoxy groups -OCH3 is 1. The lowest BCUT2D eigenvalue weighted by molar-refractivity contribution is -0.143. The molecule has 1 fully saturated rings. The molecule has 2 atom stereocenters. The first kappa shape index (κ1) is 24.4. The van der Waals surface area contributed by atoms with Crippen molar-refractivity contribution in [2.45, 2.75) is 37.9 Å². The zero-order valence-electron chi connectivity index (χ0n) is 20.3. The molecule has 0 bridgehead atoms. The Balaban J connectivity index is 1.48. The topological polar surface area (TPSA) is 89.4 Å². The normalized spacial score (nSPS) is 17.8. The van der Waals surface area contributed by atoms with Crippen LogP contribution in [-0.2, 0) is 16.1 Å². The van der Waals surface area contributed by atoms with E-state index in [9.17, 15) is 18.4 Å². The van der Waals surface area contributed by atoms with E-state index in [2.05, 4.69) is 15.4 Å². The molecular formula is C27H25F2N5O3. The number of ether oxygens (including phenoxy) is 1. The van der Waals surface area contributed by atoms with Crippen molar-refractivity contribution in [3.8, 4) is 5.88 Å². The van der Waals surface area contributed by atoms with E-state index in [1.807, 2.05) is 59.3 Å². The molecule has 1 saturated heterocycles. The van der Waals surface area contributed by atoms with E-state index in [0.29, 0.717) is 25.0 Å². The van der Waals surface area contributed by atoms with Gasteiger partial charge in [-0.25, -0.2) is 4.98 Å². The van der Waals surface area contributed by atoms with Crippen LogP contribution in [0.1, 0.15) is 30.5 Å². The summed E-state index contributed by atoms with van der Waals surface area (Å²) in [4.78, 5) is 31.0. The van der Waals surface area contributed by atoms with Crippen LogP contribution in [0.3, 0.4) is 0 Å². The molecule has 0 aliphatic carbocycles. The van der Waals surface area contributed by atoms with Crippen LogP contribution in [0, 0.1) is 0 Å². The lowest BCUT2D eigenvalue weighted by atomic mass is 9.99. The first-order chi connectivity index (χ1) is 17.7. The molecule has 0 saturated carbocycles. The predicted octanol–water partition coefficient (Wildman–Crippen LogP) is 4.11. The van der Waals surface area contributed by atoms with Crippen LogP contribution >= 0.6 is 0 Å². The summed E-state index contributed by atoms with van der Waals surface area (Å²) in [6, 6.07) is 16.9. The first-order valence-electron chi connectivity index (χ1n) is 11.7. The second kappa shape index (κ2) is 9.61. The smallest absolute Gasteiger partial charge is 0.321 e. The number of rotatable bonds is 7. The van der Waals surface area contributed by atoms with Crippen molar-refractivity contribution in [1.82, 2.24) is 20.1 Å². The fourth-order valence-electron chi connectivity index (χ4n) is 4.68. The number of anilines is 1. The molecule has 0 radical (unpaired) electrons. The number of amides is 2. The third-order valence-corrected chi connectivity index (χ3v) is 6.42. The molecule has 4 aromatic rings. The van der Waals surface area contributed by atoms with Crippen molar-refractivity contribution in [3.63, 3.8) is 0 Å². The van der Waals surface area contributed by atoms with Crippen molar-refractivity contribution < 1.29 is 23.1 Å². The van der Waals surface area contributed by atoms with E-state index in [1.165, 1.54) is 0 Å². The van der Waals surface area contributed by atoms with Gasteiger partial charge in [-0.3, -0.25) is 14.3 Å². The third-order valence-electron chi connectivity index (χ3n) is 6.42. The summed E-state index contributed by atoms with van der Waals surface area (Å²) in [5.41, 5.74) is 3.15. The number of pyridine rings is 1. The Hall–Kier alpha value is -4.34. The minimum absolute atomic E-state index is 0.0947. The number of benzene rings is 2. The molecule has 8 nitrogen and oxygen atoms in total. The van der Waals surface area contributed by atoms with Crippen molar-refractivity contribution in [2.75, 3.05) is 12.0 Å². The summed E-state index contributed by atoms with van der Waals surface area (Å²) in [7, 11) is 1.56. The molecule has 1 aliphatic heterocycles. The van der Waals surface area contributed by atoms with E-state index < -0.39 is 23.9 Å². The third kappa shape index (κ3) is 4.87. The number of aromatic nitrogens is 3. The van der Waals surface area contributed by atoms with Gasteiger partial charge in [-0.2, -0.15) is 13.9 Å². The summed E-state index contributed by atoms with van der Waals surface area (Å²) in [6.45, 7) is 1.04. The maximum absolute atomic E-state index is 13.7. The number of halogens is 2. The summed E-state index contributed by atoms with van der Waals surface area (Å²) < 4.78 is 34.4. The van der Waals surface area contributed by atoms with Crippen molar-refractivity contribution in [2.24, 2.45) is 0 Å². The molecule has 10 heteroatoms. The summed E-state index contributed by atoms with van der Waals surface area (Å²) in [5.74, 6) is -4.71. The van der Waals surface area contributed by atoms with Gasteiger partial charge in [0.25, 0.3) is 5.91 Å². The van der Waals surface area contributed by atoms with Gasteiger partial charge in [0.15, 0.2) is 0 Å². The number of nitrogens with zero attached hydrogens (tertiary/aromatic N) is 4. The number of carbonyl (C=O) groups is 2. The molecule has 190 valence electrons. The van der Waals surface area contributed by atoms with Gasteiger partial charge in [-0.15, -0.1) is 0 Å². The van der Waals surface area contributed by atoms with Gasteiger partial charge in [0.1, 0.15) is 0 Å². The lowest BCUT2D eigenvalue weighted by Crippen LogP contribution is -2.46. The summed E-state index contributed by atoms with van der Waals surface area (Å²) in [5, 5.41) is 7.71. The molecule has 0 unspecified atom stereocenters. The zero-order chi connectivity index (χ0) is 26.2. The highest BCUT2D eigenvalue weighted by Crippen LogP contribution is 2.38. The maximum atomic E-state index is 13.7. The molecule has 1 aliphatic rings. The number of alkyl halides is 2. The molecule has 2 aromatic carbocycles. The quantitative estimate of drug-likeness (QED) is 0.409. The van der Waals surface area contributed by atoms with E-state index in [-0.39, 0.29) is 12.3 Å². The van der Waals surface area contributed by atoms with Gasteiger partial charge in [-0.1, -0.05) is 30.3 Å². The van der Waals surface area contributed by atoms with Crippen LogP contribution in [0.4, 0.5) is 14.5 Å². The Morgan fingerprint density at radius 1 is 1.16 bits per heavy atom. The predicted molar refractivity (Wildman–Crippen MR) is 133 cm³/mol. The minimum atomic E-state index is -3.55. The van der Waals surface area contributed by atoms with E-state index in [4.69, 9.17) is 4.74 Å². The van der Waals surface area contributed by atoms with Crippen LogP contribution in [0.15, 0.2) is 73.1 Å². The lowest BCUT2D eigenvalue weighted by Gasteiger charge is -2.29. The number of hydrogen-bond acceptors (Lipinski definition) is 5. The highest BCUT2D eigenvalue weighted by molar-refractivity contribution is 6.00. The van der Waals surface area contributed by atoms with Crippen molar-refractivity contribution in [1.29, 1.82) is 0 Å². The van der Waals surface area contributed by atoms with Crippen LogP contribution in [0.2, 0.25) is 0 Å². The SMILES string of the molecule is COc1cc(Cn2ncc3cc(N4C(=O)C[C@H](NC(=O)C(C)(F)F)[C@H]4c4ccccc4)ccc32)ccn1. The summed E-state index contributed by atoms with van der Waals surface area (Å²) >= 11 is 0. The van der Waals surface area contributed by atoms with Crippen LogP contribution in [0.5, 0.6) is 5.88 Å². The van der Waals surface area contributed by atoms with Crippen LogP contribution in [-0.4, -0.2) is 45.7 Å². The van der Waals surface area contributed by atoms with Crippen molar-refractivity contribution in [3.05, 3.63) is 84.2 Å². The largest absolute Gasteiger partial charge is 0.481 e. The first-order valence-corrected chi connectivity index (χ1v) is 11.7.